The zero-order chi connectivity index (χ0) is 14.9. The Balaban J connectivity index is 1.88. The summed E-state index contributed by atoms with van der Waals surface area (Å²) in [5, 5.41) is 12.4. The minimum absolute atomic E-state index is 0.388. The first-order valence-corrected chi connectivity index (χ1v) is 8.15. The van der Waals surface area contributed by atoms with Crippen molar-refractivity contribution < 1.29 is 5.11 Å². The van der Waals surface area contributed by atoms with Crippen LogP contribution in [-0.2, 0) is 6.42 Å². The minimum Gasteiger partial charge on any atom is -0.389 e. The molecule has 0 spiro atoms. The molecule has 1 aliphatic rings. The third kappa shape index (κ3) is 2.96. The van der Waals surface area contributed by atoms with E-state index < -0.39 is 5.60 Å². The highest BCUT2D eigenvalue weighted by atomic mass is 16.3. The Hall–Kier alpha value is -1.41. The van der Waals surface area contributed by atoms with E-state index in [1.54, 1.807) is 0 Å². The zero-order valence-electron chi connectivity index (χ0n) is 13.0. The maximum atomic E-state index is 11.2. The van der Waals surface area contributed by atoms with Crippen LogP contribution >= 0.6 is 0 Å². The average Bonchev–Trinajstić information content (AvgIpc) is 2.47. The Bertz CT molecular complexity index is 622. The molecule has 0 aliphatic heterocycles. The van der Waals surface area contributed by atoms with Crippen LogP contribution in [0.4, 0.5) is 0 Å². The lowest BCUT2D eigenvalue weighted by atomic mass is 9.68. The predicted molar refractivity (Wildman–Crippen MR) is 87.2 cm³/mol. The van der Waals surface area contributed by atoms with E-state index in [0.717, 1.165) is 35.9 Å². The van der Waals surface area contributed by atoms with Gasteiger partial charge in [0, 0.05) is 17.5 Å². The number of hydrogen-bond donors (Lipinski definition) is 1. The van der Waals surface area contributed by atoms with Crippen molar-refractivity contribution in [3.05, 3.63) is 42.1 Å². The molecule has 2 nitrogen and oxygen atoms in total. The number of benzene rings is 1. The van der Waals surface area contributed by atoms with Crippen LogP contribution in [0.15, 0.2) is 36.4 Å². The van der Waals surface area contributed by atoms with Crippen LogP contribution in [0.2, 0.25) is 0 Å². The van der Waals surface area contributed by atoms with Gasteiger partial charge in [0.2, 0.25) is 0 Å². The predicted octanol–water partition coefficient (Wildman–Crippen LogP) is 4.35. The smallest absolute Gasteiger partial charge is 0.0733 e. The lowest BCUT2D eigenvalue weighted by molar-refractivity contribution is -0.0658. The first kappa shape index (κ1) is 14.5. The normalized spacial score (nSPS) is 26.4. The van der Waals surface area contributed by atoms with Gasteiger partial charge in [-0.25, -0.2) is 0 Å². The van der Waals surface area contributed by atoms with E-state index in [2.05, 4.69) is 32.0 Å². The number of aliphatic hydroxyl groups is 1. The summed E-state index contributed by atoms with van der Waals surface area (Å²) in [5.74, 6) is 0.912. The summed E-state index contributed by atoms with van der Waals surface area (Å²) in [5.41, 5.74) is 1.46. The molecule has 1 aromatic carbocycles. The van der Waals surface area contributed by atoms with Crippen molar-refractivity contribution in [2.45, 2.75) is 51.6 Å². The van der Waals surface area contributed by atoms with E-state index >= 15 is 0 Å². The largest absolute Gasteiger partial charge is 0.389 e. The standard InChI is InChI=1S/C19H25NO/c1-14(2)17-8-5-6-12-19(17,21)13-16-11-10-15-7-3-4-9-18(15)20-16/h3-4,7,9-11,14,17,21H,5-6,8,12-13H2,1-2H3. The van der Waals surface area contributed by atoms with Crippen LogP contribution in [0, 0.1) is 11.8 Å². The molecule has 1 aliphatic carbocycles. The van der Waals surface area contributed by atoms with Crippen molar-refractivity contribution in [1.82, 2.24) is 4.98 Å². The molecule has 112 valence electrons. The number of nitrogens with zero attached hydrogens (tertiary/aromatic N) is 1. The fraction of sp³-hybridized carbons (Fsp3) is 0.526. The van der Waals surface area contributed by atoms with E-state index in [1.165, 1.54) is 6.42 Å². The molecule has 2 aromatic rings. The van der Waals surface area contributed by atoms with E-state index in [1.807, 2.05) is 18.2 Å². The van der Waals surface area contributed by atoms with Gasteiger partial charge in [-0.3, -0.25) is 4.98 Å². The van der Waals surface area contributed by atoms with Crippen molar-refractivity contribution in [3.63, 3.8) is 0 Å². The van der Waals surface area contributed by atoms with Crippen molar-refractivity contribution in [1.29, 1.82) is 0 Å². The lowest BCUT2D eigenvalue weighted by Crippen LogP contribution is -2.45. The SMILES string of the molecule is CC(C)C1CCCCC1(O)Cc1ccc2ccccc2n1. The Kier molecular flexibility index (Phi) is 3.99. The van der Waals surface area contributed by atoms with E-state index in [4.69, 9.17) is 4.98 Å². The maximum Gasteiger partial charge on any atom is 0.0733 e. The first-order valence-electron chi connectivity index (χ1n) is 8.15. The molecule has 1 heterocycles. The van der Waals surface area contributed by atoms with E-state index in [-0.39, 0.29) is 0 Å². The molecule has 1 N–H and O–H groups in total. The monoisotopic (exact) mass is 283 g/mol. The van der Waals surface area contributed by atoms with Crippen molar-refractivity contribution in [2.75, 3.05) is 0 Å². The lowest BCUT2D eigenvalue weighted by Gasteiger charge is -2.42. The van der Waals surface area contributed by atoms with Gasteiger partial charge in [-0.05, 0) is 36.8 Å². The summed E-state index contributed by atoms with van der Waals surface area (Å²) in [7, 11) is 0. The van der Waals surface area contributed by atoms with Gasteiger partial charge < -0.3 is 5.11 Å². The highest BCUT2D eigenvalue weighted by Gasteiger charge is 2.40. The van der Waals surface area contributed by atoms with Crippen LogP contribution < -0.4 is 0 Å². The Morgan fingerprint density at radius 1 is 1.19 bits per heavy atom. The maximum absolute atomic E-state index is 11.2. The molecule has 1 saturated carbocycles. The Labute approximate surface area is 127 Å². The molecule has 2 atom stereocenters. The van der Waals surface area contributed by atoms with Crippen LogP contribution in [0.5, 0.6) is 0 Å². The summed E-state index contributed by atoms with van der Waals surface area (Å²) in [6.45, 7) is 4.46. The zero-order valence-corrected chi connectivity index (χ0v) is 13.0. The highest BCUT2D eigenvalue weighted by molar-refractivity contribution is 5.78. The van der Waals surface area contributed by atoms with Crippen LogP contribution in [0.25, 0.3) is 10.9 Å². The third-order valence-electron chi connectivity index (χ3n) is 5.01. The first-order chi connectivity index (χ1) is 10.1. The minimum atomic E-state index is -0.581. The number of rotatable bonds is 3. The van der Waals surface area contributed by atoms with E-state index in [9.17, 15) is 5.11 Å². The van der Waals surface area contributed by atoms with E-state index in [0.29, 0.717) is 18.3 Å². The number of pyridine rings is 1. The fourth-order valence-corrected chi connectivity index (χ4v) is 3.94. The van der Waals surface area contributed by atoms with Crippen LogP contribution in [-0.4, -0.2) is 15.7 Å². The molecular weight excluding hydrogens is 258 g/mol. The Morgan fingerprint density at radius 3 is 2.81 bits per heavy atom. The van der Waals surface area contributed by atoms with Crippen molar-refractivity contribution in [3.8, 4) is 0 Å². The topological polar surface area (TPSA) is 33.1 Å². The van der Waals surface area contributed by atoms with Gasteiger partial charge >= 0.3 is 0 Å². The molecule has 1 fully saturated rings. The molecule has 0 radical (unpaired) electrons. The van der Waals surface area contributed by atoms with Gasteiger partial charge in [-0.1, -0.05) is 51.0 Å². The van der Waals surface area contributed by atoms with Crippen LogP contribution in [0.3, 0.4) is 0 Å². The summed E-state index contributed by atoms with van der Waals surface area (Å²) in [4.78, 5) is 4.75. The van der Waals surface area contributed by atoms with Gasteiger partial charge in [0.1, 0.15) is 0 Å². The van der Waals surface area contributed by atoms with Gasteiger partial charge in [0.05, 0.1) is 11.1 Å². The molecule has 3 rings (SSSR count). The summed E-state index contributed by atoms with van der Waals surface area (Å²) >= 11 is 0. The van der Waals surface area contributed by atoms with Gasteiger partial charge in [0.15, 0.2) is 0 Å². The van der Waals surface area contributed by atoms with Gasteiger partial charge in [-0.2, -0.15) is 0 Å². The quantitative estimate of drug-likeness (QED) is 0.908. The average molecular weight is 283 g/mol. The van der Waals surface area contributed by atoms with Crippen LogP contribution in [0.1, 0.15) is 45.2 Å². The molecule has 0 saturated heterocycles. The molecule has 21 heavy (non-hydrogen) atoms. The summed E-state index contributed by atoms with van der Waals surface area (Å²) in [6, 6.07) is 12.4. The van der Waals surface area contributed by atoms with Crippen molar-refractivity contribution in [2.24, 2.45) is 11.8 Å². The Morgan fingerprint density at radius 2 is 2.00 bits per heavy atom. The molecule has 1 aromatic heterocycles. The highest BCUT2D eigenvalue weighted by Crippen LogP contribution is 2.40. The molecule has 0 amide bonds. The molecule has 2 unspecified atom stereocenters. The second-order valence-corrected chi connectivity index (χ2v) is 6.87. The molecular formula is C19H25NO. The second kappa shape index (κ2) is 5.76. The number of hydrogen-bond acceptors (Lipinski definition) is 2. The number of aromatic nitrogens is 1. The third-order valence-corrected chi connectivity index (χ3v) is 5.01. The molecule has 2 heteroatoms. The number of fused-ring (bicyclic) bond motifs is 1. The van der Waals surface area contributed by atoms with Crippen molar-refractivity contribution >= 4 is 10.9 Å². The number of para-hydroxylation sites is 1. The second-order valence-electron chi connectivity index (χ2n) is 6.87. The fourth-order valence-electron chi connectivity index (χ4n) is 3.94. The molecule has 0 bridgehead atoms. The van der Waals surface area contributed by atoms with Gasteiger partial charge in [-0.15, -0.1) is 0 Å². The van der Waals surface area contributed by atoms with Gasteiger partial charge in [0.25, 0.3) is 0 Å². The summed E-state index contributed by atoms with van der Waals surface area (Å²) < 4.78 is 0. The summed E-state index contributed by atoms with van der Waals surface area (Å²) in [6.07, 6.45) is 5.11.